The first-order chi connectivity index (χ1) is 15.4. The number of halogens is 1. The van der Waals surface area contributed by atoms with Gasteiger partial charge in [-0.25, -0.2) is 9.37 Å². The van der Waals surface area contributed by atoms with Gasteiger partial charge in [-0.15, -0.1) is 0 Å². The number of hydrogen-bond donors (Lipinski definition) is 1. The monoisotopic (exact) mass is 432 g/mol. The fourth-order valence-corrected chi connectivity index (χ4v) is 3.34. The van der Waals surface area contributed by atoms with Crippen molar-refractivity contribution in [3.63, 3.8) is 0 Å². The first kappa shape index (κ1) is 21.0. The van der Waals surface area contributed by atoms with Crippen LogP contribution in [0.25, 0.3) is 5.69 Å². The SMILES string of the molecule is COc1cc(NC(=O)c2cccn(Cc3ccc(F)cc3)c2=O)ccc1-n1cnc(C)c1. The molecule has 2 heterocycles. The Kier molecular flexibility index (Phi) is 5.85. The van der Waals surface area contributed by atoms with Crippen LogP contribution in [0.5, 0.6) is 5.75 Å². The maximum absolute atomic E-state index is 13.1. The van der Waals surface area contributed by atoms with Gasteiger partial charge in [0.1, 0.15) is 17.1 Å². The zero-order chi connectivity index (χ0) is 22.7. The number of amides is 1. The van der Waals surface area contributed by atoms with E-state index in [4.69, 9.17) is 4.74 Å². The topological polar surface area (TPSA) is 78.1 Å². The van der Waals surface area contributed by atoms with Gasteiger partial charge in [0, 0.05) is 24.1 Å². The summed E-state index contributed by atoms with van der Waals surface area (Å²) in [5, 5.41) is 2.75. The summed E-state index contributed by atoms with van der Waals surface area (Å²) in [5.74, 6) is -0.336. The Hall–Kier alpha value is -4.20. The highest BCUT2D eigenvalue weighted by atomic mass is 19.1. The third kappa shape index (κ3) is 4.44. The molecular formula is C24H21FN4O3. The van der Waals surface area contributed by atoms with Crippen molar-refractivity contribution in [2.75, 3.05) is 12.4 Å². The minimum absolute atomic E-state index is 0.00268. The molecule has 0 aliphatic heterocycles. The lowest BCUT2D eigenvalue weighted by atomic mass is 10.2. The van der Waals surface area contributed by atoms with Crippen LogP contribution < -0.4 is 15.6 Å². The molecule has 1 amide bonds. The molecule has 32 heavy (non-hydrogen) atoms. The molecule has 2 aromatic carbocycles. The molecule has 7 nitrogen and oxygen atoms in total. The van der Waals surface area contributed by atoms with E-state index in [9.17, 15) is 14.0 Å². The van der Waals surface area contributed by atoms with Crippen molar-refractivity contribution in [2.24, 2.45) is 0 Å². The average molecular weight is 432 g/mol. The average Bonchev–Trinajstić information content (AvgIpc) is 3.22. The number of nitrogens with zero attached hydrogens (tertiary/aromatic N) is 3. The van der Waals surface area contributed by atoms with Crippen molar-refractivity contribution in [3.8, 4) is 11.4 Å². The smallest absolute Gasteiger partial charge is 0.263 e. The van der Waals surface area contributed by atoms with Crippen molar-refractivity contribution in [1.82, 2.24) is 14.1 Å². The summed E-state index contributed by atoms with van der Waals surface area (Å²) < 4.78 is 21.8. The van der Waals surface area contributed by atoms with Crippen molar-refractivity contribution in [2.45, 2.75) is 13.5 Å². The Balaban J connectivity index is 1.56. The lowest BCUT2D eigenvalue weighted by Gasteiger charge is -2.12. The quantitative estimate of drug-likeness (QED) is 0.503. The second-order valence-electron chi connectivity index (χ2n) is 7.24. The van der Waals surface area contributed by atoms with E-state index >= 15 is 0 Å². The van der Waals surface area contributed by atoms with E-state index in [0.29, 0.717) is 11.4 Å². The van der Waals surface area contributed by atoms with E-state index < -0.39 is 11.5 Å². The van der Waals surface area contributed by atoms with Crippen molar-refractivity contribution >= 4 is 11.6 Å². The van der Waals surface area contributed by atoms with E-state index in [1.165, 1.54) is 22.8 Å². The third-order valence-corrected chi connectivity index (χ3v) is 4.96. The maximum Gasteiger partial charge on any atom is 0.263 e. The fourth-order valence-electron chi connectivity index (χ4n) is 3.34. The van der Waals surface area contributed by atoms with E-state index in [-0.39, 0.29) is 17.9 Å². The summed E-state index contributed by atoms with van der Waals surface area (Å²) in [5.41, 5.74) is 2.44. The van der Waals surface area contributed by atoms with E-state index in [1.54, 1.807) is 56.0 Å². The zero-order valence-electron chi connectivity index (χ0n) is 17.6. The number of carbonyl (C=O) groups excluding carboxylic acids is 1. The van der Waals surface area contributed by atoms with E-state index in [1.807, 2.05) is 17.7 Å². The Labute approximate surface area is 183 Å². The largest absolute Gasteiger partial charge is 0.494 e. The number of ether oxygens (including phenoxy) is 1. The predicted octanol–water partition coefficient (Wildman–Crippen LogP) is 3.79. The van der Waals surface area contributed by atoms with Crippen LogP contribution in [0.4, 0.5) is 10.1 Å². The van der Waals surface area contributed by atoms with Gasteiger partial charge in [0.25, 0.3) is 11.5 Å². The molecule has 4 aromatic rings. The molecule has 0 spiro atoms. The number of rotatable bonds is 6. The van der Waals surface area contributed by atoms with Gasteiger partial charge in [0.2, 0.25) is 0 Å². The van der Waals surface area contributed by atoms with Gasteiger partial charge in [-0.2, -0.15) is 0 Å². The molecule has 0 aliphatic rings. The normalized spacial score (nSPS) is 10.7. The molecule has 162 valence electrons. The van der Waals surface area contributed by atoms with Gasteiger partial charge in [0.05, 0.1) is 31.4 Å². The molecule has 0 fully saturated rings. The van der Waals surface area contributed by atoms with Crippen LogP contribution in [0.3, 0.4) is 0 Å². The molecule has 0 radical (unpaired) electrons. The van der Waals surface area contributed by atoms with Crippen molar-refractivity contribution in [1.29, 1.82) is 0 Å². The Morgan fingerprint density at radius 3 is 2.62 bits per heavy atom. The van der Waals surface area contributed by atoms with Crippen LogP contribution in [0.15, 0.2) is 78.1 Å². The standard InChI is InChI=1S/C24H21FN4O3/c1-16-13-29(15-26-16)21-10-9-19(12-22(21)32-2)27-23(30)20-4-3-11-28(24(20)31)14-17-5-7-18(25)8-6-17/h3-13,15H,14H2,1-2H3,(H,27,30). The first-order valence-electron chi connectivity index (χ1n) is 9.89. The number of pyridine rings is 1. The third-order valence-electron chi connectivity index (χ3n) is 4.96. The van der Waals surface area contributed by atoms with Gasteiger partial charge >= 0.3 is 0 Å². The molecule has 0 saturated heterocycles. The summed E-state index contributed by atoms with van der Waals surface area (Å²) in [6, 6.07) is 14.2. The number of imidazole rings is 1. The fraction of sp³-hybridized carbons (Fsp3) is 0.125. The number of aromatic nitrogens is 3. The van der Waals surface area contributed by atoms with Gasteiger partial charge in [0.15, 0.2) is 0 Å². The molecule has 4 rings (SSSR count). The Bertz CT molecular complexity index is 1330. The highest BCUT2D eigenvalue weighted by Gasteiger charge is 2.14. The lowest BCUT2D eigenvalue weighted by Crippen LogP contribution is -2.29. The molecule has 0 atom stereocenters. The number of carbonyl (C=O) groups is 1. The van der Waals surface area contributed by atoms with Crippen LogP contribution in [0.1, 0.15) is 21.6 Å². The second-order valence-corrected chi connectivity index (χ2v) is 7.24. The summed E-state index contributed by atoms with van der Waals surface area (Å²) in [4.78, 5) is 29.9. The Morgan fingerprint density at radius 1 is 1.16 bits per heavy atom. The lowest BCUT2D eigenvalue weighted by molar-refractivity contribution is 0.102. The molecular weight excluding hydrogens is 411 g/mol. The number of nitrogens with one attached hydrogen (secondary N) is 1. The predicted molar refractivity (Wildman–Crippen MR) is 119 cm³/mol. The molecule has 1 N–H and O–H groups in total. The molecule has 0 unspecified atom stereocenters. The highest BCUT2D eigenvalue weighted by Crippen LogP contribution is 2.27. The zero-order valence-corrected chi connectivity index (χ0v) is 17.6. The van der Waals surface area contributed by atoms with E-state index in [0.717, 1.165) is 16.9 Å². The van der Waals surface area contributed by atoms with Gasteiger partial charge in [-0.05, 0) is 48.9 Å². The molecule has 2 aromatic heterocycles. The molecule has 0 saturated carbocycles. The first-order valence-corrected chi connectivity index (χ1v) is 9.89. The highest BCUT2D eigenvalue weighted by molar-refractivity contribution is 6.04. The van der Waals surface area contributed by atoms with E-state index in [2.05, 4.69) is 10.3 Å². The summed E-state index contributed by atoms with van der Waals surface area (Å²) >= 11 is 0. The minimum Gasteiger partial charge on any atom is -0.494 e. The Morgan fingerprint density at radius 2 is 1.94 bits per heavy atom. The molecule has 0 aliphatic carbocycles. The van der Waals surface area contributed by atoms with Gasteiger partial charge < -0.3 is 19.2 Å². The number of benzene rings is 2. The summed E-state index contributed by atoms with van der Waals surface area (Å²) in [6.07, 6.45) is 5.13. The number of anilines is 1. The van der Waals surface area contributed by atoms with Crippen LogP contribution >= 0.6 is 0 Å². The van der Waals surface area contributed by atoms with Crippen LogP contribution in [-0.4, -0.2) is 27.1 Å². The number of methoxy groups -OCH3 is 1. The van der Waals surface area contributed by atoms with Gasteiger partial charge in [-0.3, -0.25) is 9.59 Å². The summed E-state index contributed by atoms with van der Waals surface area (Å²) in [7, 11) is 1.54. The van der Waals surface area contributed by atoms with Crippen LogP contribution in [0.2, 0.25) is 0 Å². The van der Waals surface area contributed by atoms with Crippen molar-refractivity contribution in [3.05, 3.63) is 106 Å². The van der Waals surface area contributed by atoms with Crippen molar-refractivity contribution < 1.29 is 13.9 Å². The maximum atomic E-state index is 13.1. The number of aryl methyl sites for hydroxylation is 1. The van der Waals surface area contributed by atoms with Crippen LogP contribution in [0, 0.1) is 12.7 Å². The summed E-state index contributed by atoms with van der Waals surface area (Å²) in [6.45, 7) is 2.12. The van der Waals surface area contributed by atoms with Gasteiger partial charge in [-0.1, -0.05) is 12.1 Å². The molecule has 0 bridgehead atoms. The molecule has 8 heteroatoms. The minimum atomic E-state index is -0.531. The number of hydrogen-bond acceptors (Lipinski definition) is 4. The van der Waals surface area contributed by atoms with Crippen LogP contribution in [-0.2, 0) is 6.54 Å². The second kappa shape index (κ2) is 8.89.